The van der Waals surface area contributed by atoms with Crippen LogP contribution in [0.1, 0.15) is 86.8 Å². The first kappa shape index (κ1) is 41.0. The van der Waals surface area contributed by atoms with Crippen LogP contribution in [0, 0.1) is 5.41 Å². The van der Waals surface area contributed by atoms with Crippen molar-refractivity contribution in [2.24, 2.45) is 5.73 Å². The van der Waals surface area contributed by atoms with E-state index in [0.29, 0.717) is 17.3 Å². The molecule has 2 aromatic carbocycles. The summed E-state index contributed by atoms with van der Waals surface area (Å²) in [5.41, 5.74) is 8.65. The predicted molar refractivity (Wildman–Crippen MR) is 214 cm³/mol. The number of benzene rings is 2. The van der Waals surface area contributed by atoms with Gasteiger partial charge >= 0.3 is 0 Å². The van der Waals surface area contributed by atoms with Crippen molar-refractivity contribution in [3.8, 4) is 28.3 Å². The van der Waals surface area contributed by atoms with Crippen LogP contribution in [0.5, 0.6) is 5.75 Å². The highest BCUT2D eigenvalue weighted by Crippen LogP contribution is 2.30. The van der Waals surface area contributed by atoms with Crippen LogP contribution in [0.3, 0.4) is 0 Å². The van der Waals surface area contributed by atoms with Crippen molar-refractivity contribution >= 4 is 46.4 Å². The number of unbranched alkanes of at least 4 members (excludes halogenated alkanes) is 4. The molecule has 11 nitrogen and oxygen atoms in total. The number of carbonyl (C=O) groups excluding carboxylic acids is 2. The fourth-order valence-electron chi connectivity index (χ4n) is 5.42. The number of thiocarbonyl (C=S) groups is 1. The predicted octanol–water partition coefficient (Wildman–Crippen LogP) is 6.96. The molecule has 4 rings (SSSR count). The number of thiophene rings is 1. The number of nitrogens with one attached hydrogen (secondary N) is 3. The molecule has 0 spiro atoms. The minimum Gasteiger partial charge on any atom is -0.494 e. The van der Waals surface area contributed by atoms with Gasteiger partial charge in [-0.25, -0.2) is 9.97 Å². The second kappa shape index (κ2) is 19.4. The van der Waals surface area contributed by atoms with E-state index >= 15 is 0 Å². The van der Waals surface area contributed by atoms with Gasteiger partial charge in [0.25, 0.3) is 11.1 Å². The summed E-state index contributed by atoms with van der Waals surface area (Å²) in [6, 6.07) is 16.6. The summed E-state index contributed by atoms with van der Waals surface area (Å²) < 4.78 is 10.9. The van der Waals surface area contributed by atoms with E-state index in [4.69, 9.17) is 32.8 Å². The highest BCUT2D eigenvalue weighted by molar-refractivity contribution is 7.80. The van der Waals surface area contributed by atoms with Crippen molar-refractivity contribution in [1.82, 2.24) is 20.6 Å². The van der Waals surface area contributed by atoms with Crippen LogP contribution in [-0.2, 0) is 21.4 Å². The third kappa shape index (κ3) is 12.4. The molecule has 0 aliphatic carbocycles. The molecule has 0 aliphatic heterocycles. The van der Waals surface area contributed by atoms with Crippen molar-refractivity contribution in [3.05, 3.63) is 88.4 Å². The van der Waals surface area contributed by atoms with Crippen LogP contribution in [0.15, 0.2) is 73.1 Å². The molecule has 6 N–H and O–H groups in total. The molecule has 282 valence electrons. The average molecular weight is 759 g/mol. The van der Waals surface area contributed by atoms with E-state index in [0.717, 1.165) is 39.3 Å². The standard InChI is InChI=1S/C40H50N6O5S2/c1-6-7-8-9-10-21-50-30-17-15-27(16-18-30)29-23-43-36(44-24-29)28-13-11-26(12-14-28)22-31(37(48)46-34(25(2)47)35(41)51-39(42)52)45-38(49)32-19-20-33(53-32)40(3,4)5/h11-20,23-25,31,34,41,47H,6-10,21-22H2,1-5H3,(H2,42,52)(H,45,49)(H,46,48). The first-order chi connectivity index (χ1) is 25.2. The van der Waals surface area contributed by atoms with Gasteiger partial charge in [-0.3, -0.25) is 15.0 Å². The lowest BCUT2D eigenvalue weighted by molar-refractivity contribution is -0.124. The first-order valence-electron chi connectivity index (χ1n) is 17.8. The summed E-state index contributed by atoms with van der Waals surface area (Å²) in [6.45, 7) is 10.5. The zero-order valence-corrected chi connectivity index (χ0v) is 32.6. The number of ether oxygens (including phenoxy) is 2. The zero-order valence-electron chi connectivity index (χ0n) is 31.0. The van der Waals surface area contributed by atoms with Gasteiger partial charge in [-0.1, -0.05) is 89.8 Å². The zero-order chi connectivity index (χ0) is 38.5. The van der Waals surface area contributed by atoms with E-state index in [1.54, 1.807) is 18.5 Å². The Labute approximate surface area is 321 Å². The van der Waals surface area contributed by atoms with E-state index in [2.05, 4.69) is 48.3 Å². The van der Waals surface area contributed by atoms with Crippen LogP contribution in [-0.4, -0.2) is 62.8 Å². The minimum absolute atomic E-state index is 0.115. The Morgan fingerprint density at radius 2 is 1.57 bits per heavy atom. The molecule has 0 fully saturated rings. The Hall–Kier alpha value is -4.72. The Kier molecular flexibility index (Phi) is 15.0. The lowest BCUT2D eigenvalue weighted by Crippen LogP contribution is -2.55. The molecule has 0 saturated heterocycles. The number of hydrogen-bond donors (Lipinski definition) is 5. The normalized spacial score (nSPS) is 13.0. The summed E-state index contributed by atoms with van der Waals surface area (Å²) in [5.74, 6) is -0.190. The Bertz CT molecular complexity index is 1820. The number of carbonyl (C=O) groups is 2. The highest BCUT2D eigenvalue weighted by Gasteiger charge is 2.30. The topological polar surface area (TPSA) is 173 Å². The number of aliphatic hydroxyl groups excluding tert-OH is 1. The van der Waals surface area contributed by atoms with Crippen molar-refractivity contribution < 1.29 is 24.2 Å². The molecule has 0 radical (unpaired) electrons. The van der Waals surface area contributed by atoms with Gasteiger partial charge in [0.05, 0.1) is 17.6 Å². The van der Waals surface area contributed by atoms with Gasteiger partial charge in [0.1, 0.15) is 17.8 Å². The molecule has 13 heteroatoms. The van der Waals surface area contributed by atoms with Crippen LogP contribution in [0.4, 0.5) is 0 Å². The van der Waals surface area contributed by atoms with Crippen molar-refractivity contribution in [1.29, 1.82) is 5.41 Å². The van der Waals surface area contributed by atoms with E-state index in [1.165, 1.54) is 43.9 Å². The molecule has 53 heavy (non-hydrogen) atoms. The SMILES string of the molecule is CCCCCCCOc1ccc(-c2cnc(-c3ccc(CC(NC(=O)c4ccc(C(C)(C)C)s4)C(=O)NC(C(=N)OC(N)=S)C(C)O)cc3)nc2)cc1. The van der Waals surface area contributed by atoms with Crippen LogP contribution >= 0.6 is 23.6 Å². The summed E-state index contributed by atoms with van der Waals surface area (Å²) in [7, 11) is 0. The van der Waals surface area contributed by atoms with Gasteiger partial charge in [0, 0.05) is 34.8 Å². The average Bonchev–Trinajstić information content (AvgIpc) is 3.64. The summed E-state index contributed by atoms with van der Waals surface area (Å²) >= 11 is 6.08. The van der Waals surface area contributed by atoms with Crippen LogP contribution < -0.4 is 21.1 Å². The molecule has 4 aromatic rings. The summed E-state index contributed by atoms with van der Waals surface area (Å²) in [5, 5.41) is 23.5. The van der Waals surface area contributed by atoms with Gasteiger partial charge in [0.2, 0.25) is 11.8 Å². The highest BCUT2D eigenvalue weighted by atomic mass is 32.1. The van der Waals surface area contributed by atoms with Gasteiger partial charge in [0.15, 0.2) is 5.82 Å². The molecular weight excluding hydrogens is 709 g/mol. The maximum absolute atomic E-state index is 13.7. The number of amides is 2. The van der Waals surface area contributed by atoms with Crippen LogP contribution in [0.25, 0.3) is 22.5 Å². The number of hydrogen-bond acceptors (Lipinski definition) is 10. The monoisotopic (exact) mass is 758 g/mol. The molecule has 0 aliphatic rings. The second-order valence-corrected chi connectivity index (χ2v) is 15.4. The van der Waals surface area contributed by atoms with E-state index in [-0.39, 0.29) is 11.8 Å². The van der Waals surface area contributed by atoms with Crippen molar-refractivity contribution in [3.63, 3.8) is 0 Å². The molecule has 3 unspecified atom stereocenters. The van der Waals surface area contributed by atoms with E-state index < -0.39 is 41.1 Å². The Balaban J connectivity index is 1.45. The lowest BCUT2D eigenvalue weighted by Gasteiger charge is -2.25. The maximum Gasteiger partial charge on any atom is 0.262 e. The minimum atomic E-state index is -1.25. The molecule has 3 atom stereocenters. The summed E-state index contributed by atoms with van der Waals surface area (Å²) in [4.78, 5) is 37.7. The van der Waals surface area contributed by atoms with Gasteiger partial charge in [-0.2, -0.15) is 0 Å². The first-order valence-corrected chi connectivity index (χ1v) is 19.1. The second-order valence-electron chi connectivity index (χ2n) is 13.9. The van der Waals surface area contributed by atoms with E-state index in [9.17, 15) is 14.7 Å². The van der Waals surface area contributed by atoms with Gasteiger partial charge in [-0.15, -0.1) is 11.3 Å². The third-order valence-corrected chi connectivity index (χ3v) is 10.1. The molecule has 0 saturated carbocycles. The van der Waals surface area contributed by atoms with Gasteiger partial charge in [-0.05, 0) is 66.4 Å². The molecule has 0 bridgehead atoms. The maximum atomic E-state index is 13.7. The third-order valence-electron chi connectivity index (χ3n) is 8.47. The molecule has 2 heterocycles. The van der Waals surface area contributed by atoms with Crippen molar-refractivity contribution in [2.45, 2.75) is 96.7 Å². The Morgan fingerprint density at radius 1 is 0.925 bits per heavy atom. The van der Waals surface area contributed by atoms with Crippen molar-refractivity contribution in [2.75, 3.05) is 6.61 Å². The molecule has 2 amide bonds. The van der Waals surface area contributed by atoms with Gasteiger partial charge < -0.3 is 30.9 Å². The Morgan fingerprint density at radius 3 is 2.15 bits per heavy atom. The quantitative estimate of drug-likeness (QED) is 0.0330. The lowest BCUT2D eigenvalue weighted by atomic mass is 9.95. The largest absolute Gasteiger partial charge is 0.494 e. The smallest absolute Gasteiger partial charge is 0.262 e. The summed E-state index contributed by atoms with van der Waals surface area (Å²) in [6.07, 6.45) is 8.44. The van der Waals surface area contributed by atoms with Crippen LogP contribution in [0.2, 0.25) is 0 Å². The number of nitrogens with two attached hydrogens (primary N) is 1. The molecule has 2 aromatic heterocycles. The number of aliphatic hydroxyl groups is 1. The van der Waals surface area contributed by atoms with E-state index in [1.807, 2.05) is 54.6 Å². The number of nitrogens with zero attached hydrogens (tertiary/aromatic N) is 2. The molecular formula is C40H50N6O5S2. The number of rotatable bonds is 17. The number of aromatic nitrogens is 2. The fraction of sp³-hybridized carbons (Fsp3) is 0.400. The fourth-order valence-corrected chi connectivity index (χ4v) is 6.48.